The van der Waals surface area contributed by atoms with Crippen molar-refractivity contribution in [1.29, 1.82) is 26.3 Å². The van der Waals surface area contributed by atoms with Gasteiger partial charge in [0.25, 0.3) is 0 Å². The molecule has 150 heavy (non-hydrogen) atoms. The number of nitrogens with one attached hydrogen (secondary N) is 5. The van der Waals surface area contributed by atoms with Crippen LogP contribution in [0.1, 0.15) is 133 Å². The highest BCUT2D eigenvalue weighted by Gasteiger charge is 2.36. The van der Waals surface area contributed by atoms with E-state index in [0.717, 1.165) is 224 Å². The van der Waals surface area contributed by atoms with Gasteiger partial charge >= 0.3 is 12.1 Å². The Labute approximate surface area is 881 Å². The molecule has 0 spiro atoms. The molecule has 1 aliphatic rings. The van der Waals surface area contributed by atoms with Gasteiger partial charge in [-0.15, -0.1) is 11.6 Å². The summed E-state index contributed by atoms with van der Waals surface area (Å²) in [6, 6.07) is 87.0. The second-order valence-corrected chi connectivity index (χ2v) is 41.7. The second-order valence-electron chi connectivity index (χ2n) is 35.3. The van der Waals surface area contributed by atoms with Gasteiger partial charge in [-0.2, -0.15) is 26.3 Å². The topological polar surface area (TPSA) is 399 Å². The molecule has 3 amide bonds. The zero-order valence-electron chi connectivity index (χ0n) is 86.3. The Morgan fingerprint density at radius 3 is 0.960 bits per heavy atom. The molecule has 5 N–H and O–H groups in total. The Morgan fingerprint density at radius 1 is 0.387 bits per heavy atom. The normalized spacial score (nSPS) is 11.6. The number of amides is 3. The number of aryl methyl sites for hydroxylation is 5. The predicted molar refractivity (Wildman–Crippen MR) is 599 cm³/mol. The maximum atomic E-state index is 12.4. The first kappa shape index (κ1) is 111. The SMILES string of the molecule is CCCn1c(-c2ccc(N(CC)S(=O)(=O)CC)cc2)c(C#N)c2ccc(OC)cc21.CCCn1c(-c2ccc(NC(=O)NCCc3ccccc3)cc2)c(C#N)c2ccc(OC)cc21.CCCn1c(-c2ccc(NC(=O)OC)cc2)c(C#N)c2ccc(OC)cc21.CCCn1c(-c2ccc(NS(=O)(=O)C3CC3)cc2)c(C#N)c2ccc(OC)cc21.CCCn1c(-c2ccc(NS(=O)(=O)CCCCl)cc2)c(C#N)c2ccc(OC)cc21. The summed E-state index contributed by atoms with van der Waals surface area (Å²) < 4.78 is 122. The molecule has 16 aromatic rings. The van der Waals surface area contributed by atoms with Crippen LogP contribution in [-0.2, 0) is 74.0 Å². The standard InChI is InChI=1S/C28H28N4O2.C23H27N3O3S.C22H24ClN3O3S.C22H23N3O3S.C21H21N3O3/c1-3-17-32-26-18-23(34-2)13-14-24(26)25(19-29)27(32)21-9-11-22(12-10-21)31-28(33)30-16-15-20-7-5-4-6-8-20;1-5-14-25-22-15-19(29-4)12-13-20(22)21(16-24)23(25)17-8-10-18(11-9-17)26(6-2)30(27,28)7-3;1-3-12-26-21-14-18(29-2)9-10-19(21)20(15-24)22(26)16-5-7-17(8-6-16)25-30(27,28)13-4-11-23;1-3-12-25-21-13-17(28-2)8-11-19(21)20(14-23)22(25)15-4-6-16(7-5-15)24-29(26,27)18-9-10-18;1-4-11-24-19-12-16(26-2)9-10-17(19)18(13-22)20(24)14-5-7-15(8-6-14)23-21(25)27-3/h4-14,18H,3,15-17H2,1-2H3,(H2,30,31,33);8-13,15H,5-7,14H2,1-4H3;5-10,14,25H,3-4,11-13H2,1-2H3;4-8,11,13,18,24H,3,9-10,12H2,1-2H3;5-10,12H,4,11H2,1-3H3,(H,23,25). The summed E-state index contributed by atoms with van der Waals surface area (Å²) in [5.41, 5.74) is 20.7. The Bertz CT molecular complexity index is 8110. The van der Waals surface area contributed by atoms with Gasteiger partial charge in [-0.05, 0) is 226 Å². The maximum Gasteiger partial charge on any atom is 0.411 e. The van der Waals surface area contributed by atoms with E-state index in [9.17, 15) is 61.2 Å². The first-order valence-corrected chi connectivity index (χ1v) is 55.0. The zero-order valence-corrected chi connectivity index (χ0v) is 89.5. The van der Waals surface area contributed by atoms with E-state index in [1.807, 2.05) is 213 Å². The van der Waals surface area contributed by atoms with Crippen molar-refractivity contribution in [3.63, 3.8) is 0 Å². The van der Waals surface area contributed by atoms with Crippen LogP contribution in [0.3, 0.4) is 0 Å². The maximum absolute atomic E-state index is 12.4. The fourth-order valence-corrected chi connectivity index (χ4v) is 22.3. The Balaban J connectivity index is 0.000000157. The molecule has 0 bridgehead atoms. The van der Waals surface area contributed by atoms with E-state index in [-0.39, 0.29) is 22.8 Å². The molecule has 0 unspecified atom stereocenters. The predicted octanol–water partition coefficient (Wildman–Crippen LogP) is 25.0. The molecule has 1 fully saturated rings. The second kappa shape index (κ2) is 51.3. The molecule has 1 saturated carbocycles. The smallest absolute Gasteiger partial charge is 0.411 e. The largest absolute Gasteiger partial charge is 0.497 e. The molecule has 776 valence electrons. The number of hydrogen-bond donors (Lipinski definition) is 5. The van der Waals surface area contributed by atoms with Crippen molar-refractivity contribution in [2.45, 2.75) is 144 Å². The van der Waals surface area contributed by atoms with Gasteiger partial charge in [-0.25, -0.2) is 34.8 Å². The van der Waals surface area contributed by atoms with E-state index in [2.05, 4.69) is 118 Å². The van der Waals surface area contributed by atoms with Crippen molar-refractivity contribution in [3.8, 4) is 115 Å². The Morgan fingerprint density at radius 2 is 0.687 bits per heavy atom. The number of hydrogen-bond acceptors (Lipinski definition) is 19. The van der Waals surface area contributed by atoms with Crippen LogP contribution in [0.25, 0.3) is 111 Å². The number of fused-ring (bicyclic) bond motifs is 5. The highest BCUT2D eigenvalue weighted by molar-refractivity contribution is 7.93. The summed E-state index contributed by atoms with van der Waals surface area (Å²) in [6.07, 6.45) is 6.68. The number of benzene rings is 11. The minimum absolute atomic E-state index is 0.0244. The minimum atomic E-state index is -3.44. The van der Waals surface area contributed by atoms with E-state index in [4.69, 9.17) is 35.3 Å². The number of anilines is 5. The lowest BCUT2D eigenvalue weighted by Crippen LogP contribution is -2.31. The van der Waals surface area contributed by atoms with E-state index >= 15 is 0 Å². The van der Waals surface area contributed by atoms with Gasteiger partial charge in [0.05, 0.1) is 149 Å². The molecule has 0 radical (unpaired) electrons. The van der Waals surface area contributed by atoms with Crippen LogP contribution in [0.4, 0.5) is 38.0 Å². The summed E-state index contributed by atoms with van der Waals surface area (Å²) in [7, 11) is -0.604. The van der Waals surface area contributed by atoms with Gasteiger partial charge in [0.2, 0.25) is 30.1 Å². The number of sulfonamides is 3. The molecule has 34 heteroatoms. The summed E-state index contributed by atoms with van der Waals surface area (Å²) in [5, 5.41) is 62.0. The number of alkyl halides is 1. The number of ether oxygens (including phenoxy) is 6. The Kier molecular flexibility index (Phi) is 37.9. The number of halogens is 1. The van der Waals surface area contributed by atoms with Gasteiger partial charge in [-0.3, -0.25) is 19.1 Å². The third-order valence-corrected chi connectivity index (χ3v) is 30.9. The van der Waals surface area contributed by atoms with Crippen molar-refractivity contribution in [2.24, 2.45) is 0 Å². The molecular formula is C116H123ClN16O14S3. The van der Waals surface area contributed by atoms with Crippen LogP contribution in [0.5, 0.6) is 28.7 Å². The lowest BCUT2D eigenvalue weighted by Gasteiger charge is -2.22. The van der Waals surface area contributed by atoms with Crippen LogP contribution < -0.4 is 53.4 Å². The van der Waals surface area contributed by atoms with Gasteiger partial charge in [0.1, 0.15) is 59.1 Å². The van der Waals surface area contributed by atoms with Crippen molar-refractivity contribution < 1.29 is 63.3 Å². The van der Waals surface area contributed by atoms with Gasteiger partial charge in [-0.1, -0.05) is 126 Å². The van der Waals surface area contributed by atoms with Crippen LogP contribution >= 0.6 is 11.6 Å². The molecule has 5 heterocycles. The number of carbonyl (C=O) groups excluding carboxylic acids is 2. The number of urea groups is 1. The highest BCUT2D eigenvalue weighted by Crippen LogP contribution is 2.44. The van der Waals surface area contributed by atoms with Crippen molar-refractivity contribution >= 4 is 137 Å². The van der Waals surface area contributed by atoms with Crippen LogP contribution in [-0.4, -0.2) is 139 Å². The van der Waals surface area contributed by atoms with Gasteiger partial charge < -0.3 is 61.9 Å². The summed E-state index contributed by atoms with van der Waals surface area (Å²) in [6.45, 7) is 18.7. The molecule has 1 aliphatic carbocycles. The third-order valence-electron chi connectivity index (χ3n) is 25.5. The lowest BCUT2D eigenvalue weighted by atomic mass is 10.1. The molecule has 0 saturated heterocycles. The molecular weight excluding hydrogens is 1970 g/mol. The lowest BCUT2D eigenvalue weighted by molar-refractivity contribution is 0.187. The molecule has 30 nitrogen and oxygen atoms in total. The molecule has 0 atom stereocenters. The average molecular weight is 2100 g/mol. The molecule has 11 aromatic carbocycles. The average Bonchev–Trinajstić information content (AvgIpc) is 1.61. The highest BCUT2D eigenvalue weighted by atomic mass is 35.5. The van der Waals surface area contributed by atoms with E-state index in [0.29, 0.717) is 81.6 Å². The number of nitrogens with zero attached hydrogens (tertiary/aromatic N) is 11. The Hall–Kier alpha value is -16.4. The van der Waals surface area contributed by atoms with E-state index in [1.165, 1.54) is 17.0 Å². The fraction of sp³-hybridized carbons (Fsp3) is 0.284. The molecule has 0 aliphatic heterocycles. The van der Waals surface area contributed by atoms with Crippen molar-refractivity contribution in [1.82, 2.24) is 28.2 Å². The first-order valence-electron chi connectivity index (χ1n) is 49.7. The summed E-state index contributed by atoms with van der Waals surface area (Å²) >= 11 is 5.59. The first-order chi connectivity index (χ1) is 72.6. The number of rotatable bonds is 37. The number of carbonyl (C=O) groups is 2. The molecule has 17 rings (SSSR count). The van der Waals surface area contributed by atoms with Crippen molar-refractivity contribution in [2.75, 3.05) is 97.5 Å². The number of nitriles is 5. The van der Waals surface area contributed by atoms with Crippen LogP contribution in [0, 0.1) is 56.7 Å². The fourth-order valence-electron chi connectivity index (χ4n) is 18.3. The summed E-state index contributed by atoms with van der Waals surface area (Å²) in [5.74, 6) is 4.05. The summed E-state index contributed by atoms with van der Waals surface area (Å²) in [4.78, 5) is 23.7. The minimum Gasteiger partial charge on any atom is -0.497 e. The number of aromatic nitrogens is 5. The van der Waals surface area contributed by atoms with E-state index < -0.39 is 36.2 Å². The van der Waals surface area contributed by atoms with Gasteiger partial charge in [0.15, 0.2) is 0 Å². The van der Waals surface area contributed by atoms with Crippen LogP contribution in [0.2, 0.25) is 0 Å². The molecule has 5 aromatic heterocycles. The van der Waals surface area contributed by atoms with Gasteiger partial charge in [0, 0.05) is 132 Å². The third kappa shape index (κ3) is 25.5. The monoisotopic (exact) mass is 2090 g/mol. The zero-order chi connectivity index (χ0) is 108. The van der Waals surface area contributed by atoms with Crippen LogP contribution in [0.15, 0.2) is 243 Å². The number of methoxy groups -OCH3 is 6. The van der Waals surface area contributed by atoms with Crippen molar-refractivity contribution in [3.05, 3.63) is 276 Å². The van der Waals surface area contributed by atoms with E-state index in [1.54, 1.807) is 78.9 Å². The quantitative estimate of drug-likeness (QED) is 0.0226.